The Morgan fingerprint density at radius 1 is 1.26 bits per heavy atom. The van der Waals surface area contributed by atoms with Gasteiger partial charge in [-0.3, -0.25) is 4.79 Å². The van der Waals surface area contributed by atoms with Crippen molar-refractivity contribution in [2.45, 2.75) is 19.4 Å². The first kappa shape index (κ1) is 17.0. The number of benzene rings is 2. The molecule has 4 nitrogen and oxygen atoms in total. The third-order valence-electron chi connectivity index (χ3n) is 3.44. The second kappa shape index (κ2) is 8.33. The third kappa shape index (κ3) is 5.41. The Bertz CT molecular complexity index is 707. The summed E-state index contributed by atoms with van der Waals surface area (Å²) in [5.41, 5.74) is 2.68. The zero-order valence-corrected chi connectivity index (χ0v) is 13.6. The van der Waals surface area contributed by atoms with Crippen LogP contribution in [-0.2, 0) is 11.2 Å². The van der Waals surface area contributed by atoms with Crippen LogP contribution in [-0.4, -0.2) is 12.5 Å². The smallest absolute Gasteiger partial charge is 0.238 e. The fourth-order valence-electron chi connectivity index (χ4n) is 2.14. The maximum Gasteiger partial charge on any atom is 0.238 e. The van der Waals surface area contributed by atoms with E-state index in [0.717, 1.165) is 11.1 Å². The predicted octanol–water partition coefficient (Wildman–Crippen LogP) is 3.70. The summed E-state index contributed by atoms with van der Waals surface area (Å²) in [6, 6.07) is 16.9. The standard InChI is InChI=1S/C18H18ClN3O/c1-13(15-3-2-4-16(19)11-15)21-12-18(23)22-17-7-5-14(6-8-17)9-10-20/h2-8,11,13,21H,9,12H2,1H3,(H,22,23)/t13-/m1/s1. The highest BCUT2D eigenvalue weighted by molar-refractivity contribution is 6.30. The number of anilines is 1. The number of amides is 1. The van der Waals surface area contributed by atoms with Crippen LogP contribution in [0.3, 0.4) is 0 Å². The lowest BCUT2D eigenvalue weighted by molar-refractivity contribution is -0.115. The van der Waals surface area contributed by atoms with Crippen molar-refractivity contribution >= 4 is 23.2 Å². The van der Waals surface area contributed by atoms with Crippen LogP contribution in [0, 0.1) is 11.3 Å². The molecule has 0 radical (unpaired) electrons. The highest BCUT2D eigenvalue weighted by Gasteiger charge is 2.08. The van der Waals surface area contributed by atoms with Crippen molar-refractivity contribution in [3.63, 3.8) is 0 Å². The number of carbonyl (C=O) groups excluding carboxylic acids is 1. The van der Waals surface area contributed by atoms with Gasteiger partial charge in [-0.15, -0.1) is 0 Å². The molecule has 2 N–H and O–H groups in total. The largest absolute Gasteiger partial charge is 0.325 e. The number of nitrogens with zero attached hydrogens (tertiary/aromatic N) is 1. The van der Waals surface area contributed by atoms with Crippen molar-refractivity contribution in [3.05, 3.63) is 64.7 Å². The van der Waals surface area contributed by atoms with Gasteiger partial charge in [0, 0.05) is 16.8 Å². The molecule has 118 valence electrons. The molecule has 0 aromatic heterocycles. The van der Waals surface area contributed by atoms with Gasteiger partial charge in [-0.2, -0.15) is 5.26 Å². The molecule has 5 heteroatoms. The van der Waals surface area contributed by atoms with E-state index >= 15 is 0 Å². The first-order valence-corrected chi connectivity index (χ1v) is 7.71. The van der Waals surface area contributed by atoms with Crippen LogP contribution in [0.1, 0.15) is 24.1 Å². The first-order chi connectivity index (χ1) is 11.1. The SMILES string of the molecule is C[C@@H](NCC(=O)Nc1ccc(CC#N)cc1)c1cccc(Cl)c1. The van der Waals surface area contributed by atoms with E-state index in [-0.39, 0.29) is 18.5 Å². The molecule has 0 aliphatic carbocycles. The van der Waals surface area contributed by atoms with Crippen molar-refractivity contribution in [1.82, 2.24) is 5.32 Å². The van der Waals surface area contributed by atoms with Gasteiger partial charge in [-0.25, -0.2) is 0 Å². The lowest BCUT2D eigenvalue weighted by Gasteiger charge is -2.14. The molecule has 0 saturated heterocycles. The number of hydrogen-bond acceptors (Lipinski definition) is 3. The number of nitriles is 1. The monoisotopic (exact) mass is 327 g/mol. The Balaban J connectivity index is 1.84. The summed E-state index contributed by atoms with van der Waals surface area (Å²) in [6.07, 6.45) is 0.368. The summed E-state index contributed by atoms with van der Waals surface area (Å²) in [7, 11) is 0. The maximum atomic E-state index is 12.0. The van der Waals surface area contributed by atoms with Gasteiger partial charge in [0.15, 0.2) is 0 Å². The van der Waals surface area contributed by atoms with Crippen LogP contribution < -0.4 is 10.6 Å². The summed E-state index contributed by atoms with van der Waals surface area (Å²) >= 11 is 5.97. The van der Waals surface area contributed by atoms with E-state index in [1.165, 1.54) is 0 Å². The minimum atomic E-state index is -0.119. The summed E-state index contributed by atoms with van der Waals surface area (Å²) in [5, 5.41) is 15.3. The normalized spacial score (nSPS) is 11.5. The van der Waals surface area contributed by atoms with Crippen LogP contribution in [0.25, 0.3) is 0 Å². The van der Waals surface area contributed by atoms with Gasteiger partial charge in [0.1, 0.15) is 0 Å². The molecule has 2 rings (SSSR count). The summed E-state index contributed by atoms with van der Waals surface area (Å²) in [4.78, 5) is 12.0. The molecular weight excluding hydrogens is 310 g/mol. The van der Waals surface area contributed by atoms with E-state index in [1.54, 1.807) is 12.1 Å². The van der Waals surface area contributed by atoms with Gasteiger partial charge in [-0.05, 0) is 42.3 Å². The first-order valence-electron chi connectivity index (χ1n) is 7.33. The number of carbonyl (C=O) groups is 1. The van der Waals surface area contributed by atoms with Crippen molar-refractivity contribution in [2.75, 3.05) is 11.9 Å². The molecule has 0 heterocycles. The number of hydrogen-bond donors (Lipinski definition) is 2. The van der Waals surface area contributed by atoms with Gasteiger partial charge in [0.2, 0.25) is 5.91 Å². The number of halogens is 1. The molecule has 0 unspecified atom stereocenters. The molecule has 1 atom stereocenters. The van der Waals surface area contributed by atoms with Crippen LogP contribution in [0.5, 0.6) is 0 Å². The Hall–Kier alpha value is -2.35. The van der Waals surface area contributed by atoms with E-state index < -0.39 is 0 Å². The van der Waals surface area contributed by atoms with Crippen LogP contribution in [0.15, 0.2) is 48.5 Å². The molecular formula is C18H18ClN3O. The zero-order valence-electron chi connectivity index (χ0n) is 12.8. The van der Waals surface area contributed by atoms with Gasteiger partial charge >= 0.3 is 0 Å². The fraction of sp³-hybridized carbons (Fsp3) is 0.222. The highest BCUT2D eigenvalue weighted by Crippen LogP contribution is 2.17. The third-order valence-corrected chi connectivity index (χ3v) is 3.67. The van der Waals surface area contributed by atoms with E-state index in [2.05, 4.69) is 16.7 Å². The molecule has 0 fully saturated rings. The van der Waals surface area contributed by atoms with Crippen LogP contribution >= 0.6 is 11.6 Å². The Morgan fingerprint density at radius 3 is 2.65 bits per heavy atom. The topological polar surface area (TPSA) is 64.9 Å². The van der Waals surface area contributed by atoms with Crippen molar-refractivity contribution in [2.24, 2.45) is 0 Å². The molecule has 2 aromatic carbocycles. The highest BCUT2D eigenvalue weighted by atomic mass is 35.5. The van der Waals surface area contributed by atoms with Crippen molar-refractivity contribution in [1.29, 1.82) is 5.26 Å². The summed E-state index contributed by atoms with van der Waals surface area (Å²) < 4.78 is 0. The average molecular weight is 328 g/mol. The molecule has 0 saturated carbocycles. The van der Waals surface area contributed by atoms with Gasteiger partial charge in [0.25, 0.3) is 0 Å². The molecule has 0 bridgehead atoms. The minimum absolute atomic E-state index is 0.0254. The summed E-state index contributed by atoms with van der Waals surface area (Å²) in [5.74, 6) is -0.119. The molecule has 0 aliphatic rings. The molecule has 1 amide bonds. The molecule has 23 heavy (non-hydrogen) atoms. The van der Waals surface area contributed by atoms with E-state index in [4.69, 9.17) is 16.9 Å². The minimum Gasteiger partial charge on any atom is -0.325 e. The van der Waals surface area contributed by atoms with Gasteiger partial charge in [0.05, 0.1) is 19.0 Å². The van der Waals surface area contributed by atoms with E-state index in [0.29, 0.717) is 17.1 Å². The van der Waals surface area contributed by atoms with Crippen molar-refractivity contribution < 1.29 is 4.79 Å². The Morgan fingerprint density at radius 2 is 2.00 bits per heavy atom. The molecule has 0 aliphatic heterocycles. The average Bonchev–Trinajstić information content (AvgIpc) is 2.55. The maximum absolute atomic E-state index is 12.0. The molecule has 0 spiro atoms. The van der Waals surface area contributed by atoms with Crippen LogP contribution in [0.4, 0.5) is 5.69 Å². The van der Waals surface area contributed by atoms with Crippen LogP contribution in [0.2, 0.25) is 5.02 Å². The van der Waals surface area contributed by atoms with Gasteiger partial charge in [-0.1, -0.05) is 35.9 Å². The Kier molecular flexibility index (Phi) is 6.16. The van der Waals surface area contributed by atoms with Gasteiger partial charge < -0.3 is 10.6 Å². The zero-order chi connectivity index (χ0) is 16.7. The second-order valence-electron chi connectivity index (χ2n) is 5.24. The number of rotatable bonds is 6. The summed E-state index contributed by atoms with van der Waals surface area (Å²) in [6.45, 7) is 2.18. The van der Waals surface area contributed by atoms with E-state index in [9.17, 15) is 4.79 Å². The lowest BCUT2D eigenvalue weighted by Crippen LogP contribution is -2.30. The fourth-order valence-corrected chi connectivity index (χ4v) is 2.34. The molecule has 2 aromatic rings. The van der Waals surface area contributed by atoms with E-state index in [1.807, 2.05) is 43.3 Å². The van der Waals surface area contributed by atoms with Crippen molar-refractivity contribution in [3.8, 4) is 6.07 Å². The lowest BCUT2D eigenvalue weighted by atomic mass is 10.1. The number of nitrogens with one attached hydrogen (secondary N) is 2. The predicted molar refractivity (Wildman–Crippen MR) is 92.3 cm³/mol. The Labute approximate surface area is 141 Å². The second-order valence-corrected chi connectivity index (χ2v) is 5.67. The quantitative estimate of drug-likeness (QED) is 0.850.